The van der Waals surface area contributed by atoms with Gasteiger partial charge in [-0.15, -0.1) is 0 Å². The Balaban J connectivity index is 1.58. The van der Waals surface area contributed by atoms with E-state index in [9.17, 15) is 4.79 Å². The number of aromatic nitrogens is 2. The van der Waals surface area contributed by atoms with E-state index in [0.29, 0.717) is 19.0 Å². The van der Waals surface area contributed by atoms with Gasteiger partial charge < -0.3 is 16.0 Å². The zero-order valence-corrected chi connectivity index (χ0v) is 12.5. The number of likely N-dealkylation sites (tertiary alicyclic amines) is 1. The van der Waals surface area contributed by atoms with E-state index in [0.717, 1.165) is 29.6 Å². The predicted molar refractivity (Wildman–Crippen MR) is 74.4 cm³/mol. The summed E-state index contributed by atoms with van der Waals surface area (Å²) in [4.78, 5) is 14.0. The van der Waals surface area contributed by atoms with E-state index in [-0.39, 0.29) is 11.6 Å². The minimum Gasteiger partial charge on any atom is -0.332 e. The largest absolute Gasteiger partial charge is 0.332 e. The van der Waals surface area contributed by atoms with Gasteiger partial charge in [0.05, 0.1) is 22.9 Å². The molecular weight excluding hydrogens is 310 g/mol. The molecule has 7 heteroatoms. The van der Waals surface area contributed by atoms with Gasteiger partial charge in [-0.25, -0.2) is 4.79 Å². The third kappa shape index (κ3) is 2.14. The van der Waals surface area contributed by atoms with Crippen LogP contribution in [-0.2, 0) is 13.6 Å². The summed E-state index contributed by atoms with van der Waals surface area (Å²) in [6, 6.07) is -0.0349. The molecule has 104 valence electrons. The van der Waals surface area contributed by atoms with Crippen LogP contribution < -0.4 is 11.1 Å². The topological polar surface area (TPSA) is 76.2 Å². The van der Waals surface area contributed by atoms with Gasteiger partial charge in [-0.1, -0.05) is 0 Å². The lowest BCUT2D eigenvalue weighted by Gasteiger charge is -2.39. The van der Waals surface area contributed by atoms with Crippen molar-refractivity contribution >= 4 is 22.0 Å². The fourth-order valence-electron chi connectivity index (χ4n) is 2.95. The number of halogens is 1. The van der Waals surface area contributed by atoms with Crippen LogP contribution in [0.5, 0.6) is 0 Å². The summed E-state index contributed by atoms with van der Waals surface area (Å²) < 4.78 is 2.66. The molecule has 2 amide bonds. The van der Waals surface area contributed by atoms with Gasteiger partial charge in [-0.05, 0) is 34.7 Å². The molecule has 2 atom stereocenters. The Hall–Kier alpha value is -1.08. The molecule has 6 nitrogen and oxygen atoms in total. The Morgan fingerprint density at radius 1 is 1.74 bits per heavy atom. The highest BCUT2D eigenvalue weighted by atomic mass is 79.9. The third-order valence-corrected chi connectivity index (χ3v) is 5.06. The molecule has 1 saturated carbocycles. The summed E-state index contributed by atoms with van der Waals surface area (Å²) in [5, 5.41) is 7.06. The van der Waals surface area contributed by atoms with Gasteiger partial charge in [0, 0.05) is 25.7 Å². The van der Waals surface area contributed by atoms with Gasteiger partial charge in [0.1, 0.15) is 0 Å². The molecule has 1 aromatic rings. The SMILES string of the molecule is Cn1ncc(Br)c1CNC(=O)N1C[C@@H]2CC[C@]2(N)C1. The van der Waals surface area contributed by atoms with E-state index in [2.05, 4.69) is 26.3 Å². The summed E-state index contributed by atoms with van der Waals surface area (Å²) in [7, 11) is 1.86. The number of nitrogens with zero attached hydrogens (tertiary/aromatic N) is 3. The van der Waals surface area contributed by atoms with Gasteiger partial charge in [-0.2, -0.15) is 5.10 Å². The monoisotopic (exact) mass is 327 g/mol. The lowest BCUT2D eigenvalue weighted by molar-refractivity contribution is 0.187. The molecule has 2 fully saturated rings. The van der Waals surface area contributed by atoms with Crippen molar-refractivity contribution in [3.8, 4) is 0 Å². The van der Waals surface area contributed by atoms with Crippen molar-refractivity contribution < 1.29 is 4.79 Å². The average molecular weight is 328 g/mol. The Labute approximate surface area is 120 Å². The smallest absolute Gasteiger partial charge is 0.317 e. The molecule has 0 spiro atoms. The van der Waals surface area contributed by atoms with Crippen LogP contribution in [0.4, 0.5) is 4.79 Å². The number of fused-ring (bicyclic) bond motifs is 1. The molecule has 1 saturated heterocycles. The van der Waals surface area contributed by atoms with Crippen LogP contribution in [0.3, 0.4) is 0 Å². The van der Waals surface area contributed by atoms with Crippen LogP contribution in [0.2, 0.25) is 0 Å². The lowest BCUT2D eigenvalue weighted by atomic mass is 9.70. The molecule has 1 aliphatic heterocycles. The van der Waals surface area contributed by atoms with E-state index < -0.39 is 0 Å². The predicted octanol–water partition coefficient (Wildman–Crippen LogP) is 0.815. The Bertz CT molecular complexity index is 497. The average Bonchev–Trinajstić information content (AvgIpc) is 2.80. The molecule has 2 heterocycles. The number of rotatable bonds is 2. The van der Waals surface area contributed by atoms with Crippen molar-refractivity contribution in [3.63, 3.8) is 0 Å². The molecule has 0 aromatic carbocycles. The van der Waals surface area contributed by atoms with E-state index in [1.807, 2.05) is 11.9 Å². The fraction of sp³-hybridized carbons (Fsp3) is 0.667. The van der Waals surface area contributed by atoms with E-state index in [4.69, 9.17) is 5.73 Å². The van der Waals surface area contributed by atoms with E-state index in [1.54, 1.807) is 10.9 Å². The van der Waals surface area contributed by atoms with Crippen molar-refractivity contribution in [2.75, 3.05) is 13.1 Å². The van der Waals surface area contributed by atoms with Crippen LogP contribution in [0.1, 0.15) is 18.5 Å². The minimum atomic E-state index is -0.121. The zero-order valence-electron chi connectivity index (χ0n) is 10.9. The number of nitrogens with two attached hydrogens (primary N) is 1. The molecule has 3 rings (SSSR count). The summed E-state index contributed by atoms with van der Waals surface area (Å²) >= 11 is 3.42. The quantitative estimate of drug-likeness (QED) is 0.844. The van der Waals surface area contributed by atoms with Crippen molar-refractivity contribution in [2.45, 2.75) is 24.9 Å². The van der Waals surface area contributed by atoms with Gasteiger partial charge in [0.2, 0.25) is 0 Å². The number of urea groups is 1. The summed E-state index contributed by atoms with van der Waals surface area (Å²) in [6.45, 7) is 1.93. The minimum absolute atomic E-state index is 0.0349. The number of hydrogen-bond acceptors (Lipinski definition) is 3. The first-order chi connectivity index (χ1) is 8.99. The first kappa shape index (κ1) is 12.9. The molecule has 2 aliphatic rings. The molecule has 0 radical (unpaired) electrons. The summed E-state index contributed by atoms with van der Waals surface area (Å²) in [5.74, 6) is 0.488. The number of amides is 2. The first-order valence-electron chi connectivity index (χ1n) is 6.47. The number of nitrogens with one attached hydrogen (secondary N) is 1. The van der Waals surface area contributed by atoms with Gasteiger partial charge in [0.15, 0.2) is 0 Å². The highest BCUT2D eigenvalue weighted by Gasteiger charge is 2.51. The normalized spacial score (nSPS) is 29.0. The molecule has 19 heavy (non-hydrogen) atoms. The van der Waals surface area contributed by atoms with E-state index >= 15 is 0 Å². The first-order valence-corrected chi connectivity index (χ1v) is 7.27. The van der Waals surface area contributed by atoms with E-state index in [1.165, 1.54) is 0 Å². The highest BCUT2D eigenvalue weighted by Crippen LogP contribution is 2.42. The van der Waals surface area contributed by atoms with Crippen molar-refractivity contribution in [1.29, 1.82) is 0 Å². The van der Waals surface area contributed by atoms with Crippen LogP contribution >= 0.6 is 15.9 Å². The molecule has 3 N–H and O–H groups in total. The number of carbonyl (C=O) groups excluding carboxylic acids is 1. The Morgan fingerprint density at radius 3 is 3.00 bits per heavy atom. The lowest BCUT2D eigenvalue weighted by Crippen LogP contribution is -2.55. The molecular formula is C12H18BrN5O. The van der Waals surface area contributed by atoms with Crippen molar-refractivity contribution in [1.82, 2.24) is 20.0 Å². The maximum atomic E-state index is 12.1. The van der Waals surface area contributed by atoms with Crippen LogP contribution in [0.15, 0.2) is 10.7 Å². The van der Waals surface area contributed by atoms with Crippen molar-refractivity contribution in [2.24, 2.45) is 18.7 Å². The van der Waals surface area contributed by atoms with Gasteiger partial charge >= 0.3 is 6.03 Å². The zero-order chi connectivity index (χ0) is 13.6. The standard InChI is InChI=1S/C12H18BrN5O/c1-17-10(9(13)4-16-17)5-15-11(19)18-6-8-2-3-12(8,14)7-18/h4,8H,2-3,5-7,14H2,1H3,(H,15,19)/t8-,12-/m0/s1. The molecule has 0 unspecified atom stereocenters. The Morgan fingerprint density at radius 2 is 2.53 bits per heavy atom. The van der Waals surface area contributed by atoms with Crippen LogP contribution in [0.25, 0.3) is 0 Å². The maximum Gasteiger partial charge on any atom is 0.317 e. The van der Waals surface area contributed by atoms with Gasteiger partial charge in [0.25, 0.3) is 0 Å². The number of carbonyl (C=O) groups is 1. The molecule has 0 bridgehead atoms. The second-order valence-electron chi connectivity index (χ2n) is 5.57. The van der Waals surface area contributed by atoms with Crippen LogP contribution in [-0.4, -0.2) is 39.3 Å². The van der Waals surface area contributed by atoms with Crippen molar-refractivity contribution in [3.05, 3.63) is 16.4 Å². The van der Waals surface area contributed by atoms with Gasteiger partial charge in [-0.3, -0.25) is 4.68 Å². The fourth-order valence-corrected chi connectivity index (χ4v) is 3.44. The molecule has 1 aliphatic carbocycles. The number of aryl methyl sites for hydroxylation is 1. The number of hydrogen-bond donors (Lipinski definition) is 2. The maximum absolute atomic E-state index is 12.1. The summed E-state index contributed by atoms with van der Waals surface area (Å²) in [6.07, 6.45) is 3.91. The second-order valence-corrected chi connectivity index (χ2v) is 6.43. The third-order valence-electron chi connectivity index (χ3n) is 4.40. The summed E-state index contributed by atoms with van der Waals surface area (Å²) in [5.41, 5.74) is 7.07. The molecule has 1 aromatic heterocycles. The second kappa shape index (κ2) is 4.49. The van der Waals surface area contributed by atoms with Crippen LogP contribution in [0, 0.1) is 5.92 Å². The Kier molecular flexibility index (Phi) is 3.05. The highest BCUT2D eigenvalue weighted by molar-refractivity contribution is 9.10.